The molecule has 0 aliphatic carbocycles. The first-order chi connectivity index (χ1) is 9.12. The first-order valence-electron chi connectivity index (χ1n) is 8.45. The van der Waals surface area contributed by atoms with Crippen LogP contribution in [0.25, 0.3) is 0 Å². The fourth-order valence-electron chi connectivity index (χ4n) is 2.32. The van der Waals surface area contributed by atoms with Crippen molar-refractivity contribution in [2.75, 3.05) is 6.61 Å². The maximum Gasteiger partial charge on any atom is 0.286 e. The van der Waals surface area contributed by atoms with E-state index in [-0.39, 0.29) is 0 Å². The van der Waals surface area contributed by atoms with Gasteiger partial charge < -0.3 is 4.43 Å². The highest BCUT2D eigenvalue weighted by molar-refractivity contribution is 7.16. The molecule has 0 aliphatic rings. The van der Waals surface area contributed by atoms with E-state index in [1.54, 1.807) is 0 Å². The maximum atomic E-state index is 6.44. The van der Waals surface area contributed by atoms with E-state index in [1.807, 2.05) is 0 Å². The molecule has 0 heterocycles. The molecule has 0 rings (SSSR count). The lowest BCUT2D eigenvalue weighted by Crippen LogP contribution is -2.27. The first kappa shape index (κ1) is 19.5. The van der Waals surface area contributed by atoms with Crippen LogP contribution in [0, 0.1) is 0 Å². The minimum Gasteiger partial charge on any atom is -0.403 e. The number of hydrogen-bond acceptors (Lipinski definition) is 1. The van der Waals surface area contributed by atoms with Crippen molar-refractivity contribution >= 4 is 18.7 Å². The maximum absolute atomic E-state index is 6.44. The van der Waals surface area contributed by atoms with E-state index < -0.39 is 7.63 Å². The molecule has 0 saturated carbocycles. The molecule has 1 unspecified atom stereocenters. The van der Waals surface area contributed by atoms with Crippen LogP contribution in [0.5, 0.6) is 0 Å². The van der Waals surface area contributed by atoms with Crippen LogP contribution in [-0.4, -0.2) is 14.2 Å². The summed E-state index contributed by atoms with van der Waals surface area (Å²) in [7, 11) is -1.84. The molecule has 0 aliphatic heterocycles. The Morgan fingerprint density at radius 1 is 0.737 bits per heavy atom. The molecule has 0 aromatic rings. The van der Waals surface area contributed by atoms with Crippen molar-refractivity contribution in [1.82, 2.24) is 0 Å². The van der Waals surface area contributed by atoms with Crippen LogP contribution in [0.15, 0.2) is 0 Å². The van der Waals surface area contributed by atoms with Gasteiger partial charge in [-0.15, -0.1) is 11.1 Å². The molecule has 0 fully saturated rings. The van der Waals surface area contributed by atoms with Gasteiger partial charge in [-0.1, -0.05) is 78.1 Å². The van der Waals surface area contributed by atoms with Crippen molar-refractivity contribution in [3.8, 4) is 0 Å². The highest BCUT2D eigenvalue weighted by Crippen LogP contribution is 2.21. The number of unbranched alkanes of at least 4 members (excludes halogenated alkanes) is 9. The summed E-state index contributed by atoms with van der Waals surface area (Å²) in [5.74, 6) is 0. The van der Waals surface area contributed by atoms with Gasteiger partial charge in [0.1, 0.15) is 0 Å². The third kappa shape index (κ3) is 14.7. The summed E-state index contributed by atoms with van der Waals surface area (Å²) in [6.07, 6.45) is 14.9. The van der Waals surface area contributed by atoms with Crippen molar-refractivity contribution in [2.45, 2.75) is 97.1 Å². The molecule has 1 atom stereocenters. The number of halogens is 1. The lowest BCUT2D eigenvalue weighted by atomic mass is 10.1. The Hall–Kier alpha value is 0.467. The molecule has 0 spiro atoms. The van der Waals surface area contributed by atoms with Gasteiger partial charge in [-0.05, 0) is 19.0 Å². The van der Waals surface area contributed by atoms with E-state index in [0.29, 0.717) is 0 Å². The molecule has 1 nitrogen and oxygen atoms in total. The summed E-state index contributed by atoms with van der Waals surface area (Å²) in [5, 5.41) is 0. The molecule has 3 heteroatoms. The fourth-order valence-corrected chi connectivity index (χ4v) is 4.60. The molecule has 0 N–H and O–H groups in total. The summed E-state index contributed by atoms with van der Waals surface area (Å²) in [5.41, 5.74) is 0. The smallest absolute Gasteiger partial charge is 0.286 e. The largest absolute Gasteiger partial charge is 0.403 e. The number of hydrogen-bond donors (Lipinski definition) is 0. The SMILES string of the molecule is CCCCCCCCCCCC[Si](C)(Cl)OCCC. The second-order valence-corrected chi connectivity index (χ2v) is 11.3. The van der Waals surface area contributed by atoms with E-state index in [1.165, 1.54) is 64.2 Å². The van der Waals surface area contributed by atoms with E-state index in [9.17, 15) is 0 Å². The molecular formula is C16H35ClOSi. The molecule has 19 heavy (non-hydrogen) atoms. The third-order valence-corrected chi connectivity index (χ3v) is 6.53. The van der Waals surface area contributed by atoms with Gasteiger partial charge in [0.2, 0.25) is 0 Å². The predicted octanol–water partition coefficient (Wildman–Crippen LogP) is 6.64. The molecule has 0 aromatic carbocycles. The average Bonchev–Trinajstić information content (AvgIpc) is 2.38. The molecule has 0 bridgehead atoms. The Morgan fingerprint density at radius 2 is 1.21 bits per heavy atom. The van der Waals surface area contributed by atoms with Crippen molar-refractivity contribution < 1.29 is 4.43 Å². The quantitative estimate of drug-likeness (QED) is 0.198. The normalized spacial score (nSPS) is 14.5. The van der Waals surface area contributed by atoms with E-state index in [0.717, 1.165) is 19.1 Å². The number of rotatable bonds is 14. The molecule has 0 amide bonds. The highest BCUT2D eigenvalue weighted by Gasteiger charge is 2.24. The van der Waals surface area contributed by atoms with Crippen LogP contribution < -0.4 is 0 Å². The molecule has 0 saturated heterocycles. The second kappa shape index (κ2) is 13.4. The van der Waals surface area contributed by atoms with Crippen LogP contribution in [0.2, 0.25) is 12.6 Å². The van der Waals surface area contributed by atoms with Crippen LogP contribution in [-0.2, 0) is 4.43 Å². The monoisotopic (exact) mass is 306 g/mol. The average molecular weight is 307 g/mol. The Morgan fingerprint density at radius 3 is 1.68 bits per heavy atom. The first-order valence-corrected chi connectivity index (χ1v) is 12.1. The minimum atomic E-state index is -1.84. The summed E-state index contributed by atoms with van der Waals surface area (Å²) in [6, 6.07) is 1.12. The van der Waals surface area contributed by atoms with Gasteiger partial charge >= 0.3 is 0 Å². The zero-order valence-electron chi connectivity index (χ0n) is 13.5. The molecular weight excluding hydrogens is 272 g/mol. The molecule has 0 aromatic heterocycles. The summed E-state index contributed by atoms with van der Waals surface area (Å²) in [4.78, 5) is 0. The zero-order valence-corrected chi connectivity index (χ0v) is 15.2. The molecule has 0 radical (unpaired) electrons. The van der Waals surface area contributed by atoms with Crippen molar-refractivity contribution in [3.63, 3.8) is 0 Å². The van der Waals surface area contributed by atoms with E-state index >= 15 is 0 Å². The lowest BCUT2D eigenvalue weighted by Gasteiger charge is -2.19. The fraction of sp³-hybridized carbons (Fsp3) is 1.00. The van der Waals surface area contributed by atoms with Gasteiger partial charge in [-0.3, -0.25) is 0 Å². The summed E-state index contributed by atoms with van der Waals surface area (Å²) >= 11 is 6.44. The van der Waals surface area contributed by atoms with Crippen molar-refractivity contribution in [3.05, 3.63) is 0 Å². The lowest BCUT2D eigenvalue weighted by molar-refractivity contribution is 0.314. The minimum absolute atomic E-state index is 0.837. The van der Waals surface area contributed by atoms with Gasteiger partial charge in [-0.2, -0.15) is 0 Å². The van der Waals surface area contributed by atoms with Gasteiger partial charge in [0.15, 0.2) is 0 Å². The Balaban J connectivity index is 3.21. The summed E-state index contributed by atoms with van der Waals surface area (Å²) < 4.78 is 5.77. The Labute approximate surface area is 127 Å². The topological polar surface area (TPSA) is 9.23 Å². The summed E-state index contributed by atoms with van der Waals surface area (Å²) in [6.45, 7) is 7.39. The predicted molar refractivity (Wildman–Crippen MR) is 90.4 cm³/mol. The third-order valence-electron chi connectivity index (χ3n) is 3.58. The second-order valence-electron chi connectivity index (χ2n) is 5.88. The van der Waals surface area contributed by atoms with Crippen molar-refractivity contribution in [2.24, 2.45) is 0 Å². The van der Waals surface area contributed by atoms with Gasteiger partial charge in [0.25, 0.3) is 7.63 Å². The van der Waals surface area contributed by atoms with Gasteiger partial charge in [0, 0.05) is 6.61 Å². The van der Waals surface area contributed by atoms with Crippen molar-refractivity contribution in [1.29, 1.82) is 0 Å². The Kier molecular flexibility index (Phi) is 13.8. The van der Waals surface area contributed by atoms with Crippen LogP contribution in [0.4, 0.5) is 0 Å². The van der Waals surface area contributed by atoms with Crippen LogP contribution in [0.1, 0.15) is 84.5 Å². The standard InChI is InChI=1S/C16H35ClOSi/c1-4-6-7-8-9-10-11-12-13-14-16-19(3,17)18-15-5-2/h4-16H2,1-3H3. The van der Waals surface area contributed by atoms with Crippen LogP contribution >= 0.6 is 11.1 Å². The highest BCUT2D eigenvalue weighted by atomic mass is 35.6. The Bertz CT molecular complexity index is 186. The van der Waals surface area contributed by atoms with E-state index in [4.69, 9.17) is 15.5 Å². The van der Waals surface area contributed by atoms with Gasteiger partial charge in [-0.25, -0.2) is 0 Å². The van der Waals surface area contributed by atoms with Gasteiger partial charge in [0.05, 0.1) is 0 Å². The molecule has 116 valence electrons. The van der Waals surface area contributed by atoms with E-state index in [2.05, 4.69) is 20.4 Å². The van der Waals surface area contributed by atoms with Crippen LogP contribution in [0.3, 0.4) is 0 Å². The zero-order chi connectivity index (χ0) is 14.4.